The van der Waals surface area contributed by atoms with E-state index in [-0.39, 0.29) is 11.9 Å². The summed E-state index contributed by atoms with van der Waals surface area (Å²) in [5.41, 5.74) is 5.33. The summed E-state index contributed by atoms with van der Waals surface area (Å²) in [6.07, 6.45) is 0. The lowest BCUT2D eigenvalue weighted by Crippen LogP contribution is -2.39. The van der Waals surface area contributed by atoms with Crippen molar-refractivity contribution in [2.75, 3.05) is 19.5 Å². The fraction of sp³-hybridized carbons (Fsp3) is 0.381. The molecule has 2 aromatic carbocycles. The summed E-state index contributed by atoms with van der Waals surface area (Å²) < 4.78 is 5.42. The standard InChI is InChI=1S/C21H28N2O2/c1-14-9-7-8-10-19(14)22-21(24)17(4)23(5)13-18-11-15(2)20(25-6)16(3)12-18/h7-12,17H,13H2,1-6H3,(H,22,24). The molecule has 2 aromatic rings. The zero-order valence-corrected chi connectivity index (χ0v) is 16.0. The van der Waals surface area contributed by atoms with E-state index in [0.717, 1.165) is 28.1 Å². The number of amides is 1. The van der Waals surface area contributed by atoms with Crippen molar-refractivity contribution >= 4 is 11.6 Å². The first-order chi connectivity index (χ1) is 11.8. The van der Waals surface area contributed by atoms with Gasteiger partial charge in [-0.1, -0.05) is 30.3 Å². The molecule has 0 heterocycles. The van der Waals surface area contributed by atoms with E-state index in [9.17, 15) is 4.79 Å². The summed E-state index contributed by atoms with van der Waals surface area (Å²) in [6, 6.07) is 11.8. The van der Waals surface area contributed by atoms with Crippen LogP contribution in [0.25, 0.3) is 0 Å². The lowest BCUT2D eigenvalue weighted by Gasteiger charge is -2.25. The van der Waals surface area contributed by atoms with Gasteiger partial charge >= 0.3 is 0 Å². The van der Waals surface area contributed by atoms with Crippen molar-refractivity contribution in [3.05, 3.63) is 58.7 Å². The van der Waals surface area contributed by atoms with Crippen molar-refractivity contribution in [1.82, 2.24) is 4.90 Å². The number of nitrogens with zero attached hydrogens (tertiary/aromatic N) is 1. The van der Waals surface area contributed by atoms with Crippen molar-refractivity contribution in [1.29, 1.82) is 0 Å². The average molecular weight is 340 g/mol. The van der Waals surface area contributed by atoms with Crippen molar-refractivity contribution in [3.8, 4) is 5.75 Å². The fourth-order valence-corrected chi connectivity index (χ4v) is 3.03. The van der Waals surface area contributed by atoms with Crippen molar-refractivity contribution < 1.29 is 9.53 Å². The van der Waals surface area contributed by atoms with Gasteiger partial charge in [0.25, 0.3) is 0 Å². The minimum atomic E-state index is -0.234. The molecule has 0 bridgehead atoms. The molecular weight excluding hydrogens is 312 g/mol. The number of hydrogen-bond acceptors (Lipinski definition) is 3. The van der Waals surface area contributed by atoms with Crippen LogP contribution in [0.5, 0.6) is 5.75 Å². The Bertz CT molecular complexity index is 732. The predicted octanol–water partition coefficient (Wildman–Crippen LogP) is 4.08. The number of benzene rings is 2. The molecule has 1 atom stereocenters. The molecule has 134 valence electrons. The van der Waals surface area contributed by atoms with Gasteiger partial charge in [0.2, 0.25) is 5.91 Å². The van der Waals surface area contributed by atoms with Gasteiger partial charge in [-0.2, -0.15) is 0 Å². The van der Waals surface area contributed by atoms with Crippen LogP contribution in [0.3, 0.4) is 0 Å². The number of methoxy groups -OCH3 is 1. The maximum Gasteiger partial charge on any atom is 0.241 e. The number of ether oxygens (including phenoxy) is 1. The molecule has 0 aliphatic rings. The SMILES string of the molecule is COc1c(C)cc(CN(C)C(C)C(=O)Nc2ccccc2C)cc1C. The first-order valence-electron chi connectivity index (χ1n) is 8.54. The molecule has 0 aliphatic carbocycles. The molecule has 0 radical (unpaired) electrons. The zero-order valence-electron chi connectivity index (χ0n) is 16.0. The summed E-state index contributed by atoms with van der Waals surface area (Å²) in [6.45, 7) is 8.71. The van der Waals surface area contributed by atoms with Gasteiger partial charge in [0.15, 0.2) is 0 Å². The van der Waals surface area contributed by atoms with Crippen molar-refractivity contribution in [2.45, 2.75) is 40.3 Å². The number of nitrogens with one attached hydrogen (secondary N) is 1. The number of aryl methyl sites for hydroxylation is 3. The number of hydrogen-bond donors (Lipinski definition) is 1. The summed E-state index contributed by atoms with van der Waals surface area (Å²) in [4.78, 5) is 14.6. The first kappa shape index (κ1) is 19.0. The third-order valence-electron chi connectivity index (χ3n) is 4.60. The van der Waals surface area contributed by atoms with Crippen LogP contribution in [-0.4, -0.2) is 31.0 Å². The highest BCUT2D eigenvalue weighted by molar-refractivity contribution is 5.95. The molecule has 1 N–H and O–H groups in total. The molecule has 0 fully saturated rings. The Balaban J connectivity index is 2.06. The number of anilines is 1. The van der Waals surface area contributed by atoms with E-state index in [1.165, 1.54) is 5.56 Å². The molecule has 0 spiro atoms. The highest BCUT2D eigenvalue weighted by Crippen LogP contribution is 2.25. The molecule has 2 rings (SSSR count). The lowest BCUT2D eigenvalue weighted by atomic mass is 10.0. The van der Waals surface area contributed by atoms with E-state index in [2.05, 4.69) is 17.4 Å². The number of carbonyl (C=O) groups is 1. The van der Waals surface area contributed by atoms with E-state index in [1.54, 1.807) is 7.11 Å². The van der Waals surface area contributed by atoms with Crippen molar-refractivity contribution in [2.24, 2.45) is 0 Å². The summed E-state index contributed by atoms with van der Waals surface area (Å²) in [5, 5.41) is 3.02. The van der Waals surface area contributed by atoms with E-state index in [4.69, 9.17) is 4.74 Å². The lowest BCUT2D eigenvalue weighted by molar-refractivity contribution is -0.120. The van der Waals surface area contributed by atoms with E-state index >= 15 is 0 Å². The Labute approximate surface area is 150 Å². The highest BCUT2D eigenvalue weighted by atomic mass is 16.5. The predicted molar refractivity (Wildman–Crippen MR) is 103 cm³/mol. The van der Waals surface area contributed by atoms with E-state index in [1.807, 2.05) is 63.9 Å². The van der Waals surface area contributed by atoms with Crippen LogP contribution in [0, 0.1) is 20.8 Å². The second kappa shape index (κ2) is 8.17. The molecule has 1 unspecified atom stereocenters. The molecule has 0 saturated heterocycles. The highest BCUT2D eigenvalue weighted by Gasteiger charge is 2.19. The van der Waals surface area contributed by atoms with Crippen LogP contribution in [0.2, 0.25) is 0 Å². The Morgan fingerprint density at radius 1 is 1.12 bits per heavy atom. The van der Waals surface area contributed by atoms with Crippen LogP contribution >= 0.6 is 0 Å². The van der Waals surface area contributed by atoms with Crippen LogP contribution < -0.4 is 10.1 Å². The van der Waals surface area contributed by atoms with E-state index < -0.39 is 0 Å². The van der Waals surface area contributed by atoms with Gasteiger partial charge in [0, 0.05) is 12.2 Å². The largest absolute Gasteiger partial charge is 0.496 e. The van der Waals surface area contributed by atoms with Gasteiger partial charge < -0.3 is 10.1 Å². The zero-order chi connectivity index (χ0) is 18.6. The van der Waals surface area contributed by atoms with Gasteiger partial charge in [-0.05, 0) is 63.1 Å². The molecular formula is C21H28N2O2. The van der Waals surface area contributed by atoms with Gasteiger partial charge in [-0.3, -0.25) is 9.69 Å². The van der Waals surface area contributed by atoms with Gasteiger partial charge in [0.05, 0.1) is 13.2 Å². The average Bonchev–Trinajstić information content (AvgIpc) is 2.56. The quantitative estimate of drug-likeness (QED) is 0.861. The van der Waals surface area contributed by atoms with Crippen LogP contribution in [-0.2, 0) is 11.3 Å². The number of para-hydroxylation sites is 1. The number of carbonyl (C=O) groups excluding carboxylic acids is 1. The Morgan fingerprint density at radius 2 is 1.72 bits per heavy atom. The Hall–Kier alpha value is -2.33. The molecule has 1 amide bonds. The van der Waals surface area contributed by atoms with Gasteiger partial charge in [-0.15, -0.1) is 0 Å². The summed E-state index contributed by atoms with van der Waals surface area (Å²) in [7, 11) is 3.66. The third kappa shape index (κ3) is 4.60. The number of likely N-dealkylation sites (N-methyl/N-ethyl adjacent to an activating group) is 1. The Kier molecular flexibility index (Phi) is 6.21. The topological polar surface area (TPSA) is 41.6 Å². The monoisotopic (exact) mass is 340 g/mol. The van der Waals surface area contributed by atoms with Crippen LogP contribution in [0.4, 0.5) is 5.69 Å². The molecule has 25 heavy (non-hydrogen) atoms. The molecule has 0 aliphatic heterocycles. The minimum Gasteiger partial charge on any atom is -0.496 e. The molecule has 0 saturated carbocycles. The number of rotatable bonds is 6. The maximum atomic E-state index is 12.6. The van der Waals surface area contributed by atoms with Crippen LogP contribution in [0.1, 0.15) is 29.2 Å². The second-order valence-corrected chi connectivity index (χ2v) is 6.66. The Morgan fingerprint density at radius 3 is 2.28 bits per heavy atom. The summed E-state index contributed by atoms with van der Waals surface area (Å²) in [5.74, 6) is 0.926. The fourth-order valence-electron chi connectivity index (χ4n) is 3.03. The summed E-state index contributed by atoms with van der Waals surface area (Å²) >= 11 is 0. The molecule has 4 nitrogen and oxygen atoms in total. The molecule has 4 heteroatoms. The first-order valence-corrected chi connectivity index (χ1v) is 8.54. The third-order valence-corrected chi connectivity index (χ3v) is 4.60. The van der Waals surface area contributed by atoms with Crippen LogP contribution in [0.15, 0.2) is 36.4 Å². The van der Waals surface area contributed by atoms with Gasteiger partial charge in [0.1, 0.15) is 5.75 Å². The minimum absolute atomic E-state index is 0.00115. The maximum absolute atomic E-state index is 12.6. The smallest absolute Gasteiger partial charge is 0.241 e. The normalized spacial score (nSPS) is 12.1. The molecule has 0 aromatic heterocycles. The second-order valence-electron chi connectivity index (χ2n) is 6.66. The van der Waals surface area contributed by atoms with E-state index in [0.29, 0.717) is 6.54 Å². The van der Waals surface area contributed by atoms with Gasteiger partial charge in [-0.25, -0.2) is 0 Å². The van der Waals surface area contributed by atoms with Crippen molar-refractivity contribution in [3.63, 3.8) is 0 Å².